The van der Waals surface area contributed by atoms with Crippen molar-refractivity contribution in [1.29, 1.82) is 0 Å². The normalized spacial score (nSPS) is 26.8. The van der Waals surface area contributed by atoms with Crippen LogP contribution in [0.4, 0.5) is 0 Å². The fourth-order valence-corrected chi connectivity index (χ4v) is 3.71. The van der Waals surface area contributed by atoms with Crippen molar-refractivity contribution in [3.05, 3.63) is 35.9 Å². The Labute approximate surface area is 142 Å². The zero-order valence-corrected chi connectivity index (χ0v) is 13.9. The maximum absolute atomic E-state index is 12.4. The lowest BCUT2D eigenvalue weighted by Crippen LogP contribution is -2.43. The number of hydrogen-bond donors (Lipinski definition) is 2. The third-order valence-corrected chi connectivity index (χ3v) is 5.01. The van der Waals surface area contributed by atoms with Crippen molar-refractivity contribution in [3.8, 4) is 0 Å². The van der Waals surface area contributed by atoms with Crippen LogP contribution in [0, 0.1) is 0 Å². The summed E-state index contributed by atoms with van der Waals surface area (Å²) in [5.74, 6) is -0.860. The van der Waals surface area contributed by atoms with E-state index in [2.05, 4.69) is 11.9 Å². The fourth-order valence-electron chi connectivity index (χ4n) is 3.71. The number of fused-ring (bicyclic) bond motifs is 2. The molecule has 0 aromatic heterocycles. The molecule has 2 fully saturated rings. The molecule has 0 saturated carbocycles. The molecule has 0 spiro atoms. The van der Waals surface area contributed by atoms with Crippen LogP contribution in [0.15, 0.2) is 30.3 Å². The molecule has 2 aliphatic heterocycles. The quantitative estimate of drug-likeness (QED) is 0.642. The number of rotatable bonds is 4. The Bertz CT molecular complexity index is 521. The van der Waals surface area contributed by atoms with E-state index in [0.29, 0.717) is 12.1 Å². The smallest absolute Gasteiger partial charge is 0.316 e. The highest BCUT2D eigenvalue weighted by atomic mass is 16.5. The van der Waals surface area contributed by atoms with Crippen LogP contribution in [0.3, 0.4) is 0 Å². The number of carboxylic acid groups (broad SMARTS) is 1. The number of esters is 1. The van der Waals surface area contributed by atoms with Gasteiger partial charge in [-0.25, -0.2) is 0 Å². The van der Waals surface area contributed by atoms with Crippen molar-refractivity contribution in [2.45, 2.75) is 49.8 Å². The molecular weight excluding hydrogens is 310 g/mol. The Morgan fingerprint density at radius 2 is 1.83 bits per heavy atom. The minimum Gasteiger partial charge on any atom is -0.483 e. The number of ether oxygens (including phenoxy) is 1. The summed E-state index contributed by atoms with van der Waals surface area (Å²) < 4.78 is 5.70. The van der Waals surface area contributed by atoms with Gasteiger partial charge in [0.25, 0.3) is 6.47 Å². The molecule has 3 rings (SSSR count). The van der Waals surface area contributed by atoms with Crippen LogP contribution in [0.25, 0.3) is 0 Å². The van der Waals surface area contributed by atoms with E-state index in [1.807, 2.05) is 30.3 Å². The van der Waals surface area contributed by atoms with E-state index in [0.717, 1.165) is 18.4 Å². The Balaban J connectivity index is 0.000000647. The van der Waals surface area contributed by atoms with Crippen molar-refractivity contribution in [1.82, 2.24) is 4.90 Å². The molecule has 0 radical (unpaired) electrons. The summed E-state index contributed by atoms with van der Waals surface area (Å²) in [5.41, 5.74) is 0.820. The molecular formula is C18H25NO5. The molecule has 0 aliphatic carbocycles. The molecule has 2 unspecified atom stereocenters. The summed E-state index contributed by atoms with van der Waals surface area (Å²) in [6.45, 7) is -0.456. The predicted molar refractivity (Wildman–Crippen MR) is 88.6 cm³/mol. The molecule has 2 heterocycles. The Morgan fingerprint density at radius 1 is 1.29 bits per heavy atom. The maximum atomic E-state index is 12.4. The van der Waals surface area contributed by atoms with Gasteiger partial charge in [0.1, 0.15) is 12.0 Å². The molecule has 2 N–H and O–H groups in total. The molecule has 1 aromatic carbocycles. The maximum Gasteiger partial charge on any atom is 0.316 e. The first kappa shape index (κ1) is 18.4. The topological polar surface area (TPSA) is 87.1 Å². The van der Waals surface area contributed by atoms with Crippen molar-refractivity contribution < 1.29 is 24.5 Å². The molecule has 24 heavy (non-hydrogen) atoms. The number of piperidine rings is 1. The molecule has 4 atom stereocenters. The lowest BCUT2D eigenvalue weighted by Gasteiger charge is -2.36. The van der Waals surface area contributed by atoms with Crippen molar-refractivity contribution in [2.75, 3.05) is 13.7 Å². The number of carbonyl (C=O) groups excluding carboxylic acids is 1. The van der Waals surface area contributed by atoms with Crippen LogP contribution in [0.2, 0.25) is 0 Å². The zero-order valence-electron chi connectivity index (χ0n) is 13.9. The van der Waals surface area contributed by atoms with Crippen molar-refractivity contribution in [3.63, 3.8) is 0 Å². The van der Waals surface area contributed by atoms with Gasteiger partial charge >= 0.3 is 5.97 Å². The van der Waals surface area contributed by atoms with E-state index in [9.17, 15) is 9.90 Å². The number of nitrogens with zero attached hydrogens (tertiary/aromatic N) is 1. The third-order valence-electron chi connectivity index (χ3n) is 5.01. The van der Waals surface area contributed by atoms with E-state index in [-0.39, 0.29) is 25.2 Å². The molecule has 6 nitrogen and oxygen atoms in total. The van der Waals surface area contributed by atoms with Crippen LogP contribution < -0.4 is 0 Å². The minimum absolute atomic E-state index is 0.00367. The van der Waals surface area contributed by atoms with Gasteiger partial charge in [0.2, 0.25) is 0 Å². The van der Waals surface area contributed by atoms with Crippen LogP contribution in [0.5, 0.6) is 0 Å². The van der Waals surface area contributed by atoms with Crippen molar-refractivity contribution >= 4 is 12.4 Å². The number of benzene rings is 1. The lowest BCUT2D eigenvalue weighted by molar-refractivity contribution is -0.155. The Hall–Kier alpha value is -1.92. The van der Waals surface area contributed by atoms with Gasteiger partial charge in [-0.05, 0) is 38.3 Å². The molecule has 2 bridgehead atoms. The molecule has 1 aromatic rings. The highest BCUT2D eigenvalue weighted by molar-refractivity contribution is 5.78. The standard InChI is InChI=1S/C17H23NO3.CH2O2/c1-18-13-7-8-14(18)10-15(9-13)21-17(20)16(11-19)12-5-3-2-4-6-12;2-1-3/h2-6,13-16,19H,7-11H2,1H3;1H,(H,2,3)/t13-,14+,15?,16?;. The number of aliphatic hydroxyl groups excluding tert-OH is 1. The average molecular weight is 335 g/mol. The predicted octanol–water partition coefficient (Wildman–Crippen LogP) is 1.63. The summed E-state index contributed by atoms with van der Waals surface area (Å²) in [6, 6.07) is 10.5. The molecule has 0 amide bonds. The van der Waals surface area contributed by atoms with Gasteiger partial charge < -0.3 is 19.8 Å². The average Bonchev–Trinajstić information content (AvgIpc) is 2.79. The lowest BCUT2D eigenvalue weighted by atomic mass is 9.98. The van der Waals surface area contributed by atoms with E-state index < -0.39 is 5.92 Å². The number of carbonyl (C=O) groups is 2. The summed E-state index contributed by atoms with van der Waals surface area (Å²) in [6.07, 6.45) is 4.26. The first-order valence-corrected chi connectivity index (χ1v) is 8.26. The van der Waals surface area contributed by atoms with E-state index in [1.165, 1.54) is 12.8 Å². The number of aliphatic hydroxyl groups is 1. The number of hydrogen-bond acceptors (Lipinski definition) is 5. The van der Waals surface area contributed by atoms with Gasteiger partial charge in [-0.3, -0.25) is 9.59 Å². The van der Waals surface area contributed by atoms with Crippen LogP contribution >= 0.6 is 0 Å². The molecule has 6 heteroatoms. The van der Waals surface area contributed by atoms with E-state index in [1.54, 1.807) is 0 Å². The van der Waals surface area contributed by atoms with Gasteiger partial charge in [0.15, 0.2) is 0 Å². The second kappa shape index (κ2) is 8.80. The van der Waals surface area contributed by atoms with Gasteiger partial charge in [0.05, 0.1) is 6.61 Å². The van der Waals surface area contributed by atoms with Crippen LogP contribution in [0.1, 0.15) is 37.2 Å². The van der Waals surface area contributed by atoms with Gasteiger partial charge in [0, 0.05) is 12.1 Å². The van der Waals surface area contributed by atoms with Crippen LogP contribution in [-0.2, 0) is 14.3 Å². The monoisotopic (exact) mass is 335 g/mol. The van der Waals surface area contributed by atoms with Gasteiger partial charge in [-0.2, -0.15) is 0 Å². The first-order chi connectivity index (χ1) is 11.6. The SMILES string of the molecule is CN1[C@@H]2CC[C@H]1CC(OC(=O)C(CO)c1ccccc1)C2.O=CO. The van der Waals surface area contributed by atoms with E-state index in [4.69, 9.17) is 14.6 Å². The van der Waals surface area contributed by atoms with Crippen LogP contribution in [-0.4, -0.2) is 59.4 Å². The Morgan fingerprint density at radius 3 is 2.33 bits per heavy atom. The Kier molecular flexibility index (Phi) is 6.75. The van der Waals surface area contributed by atoms with E-state index >= 15 is 0 Å². The second-order valence-corrected chi connectivity index (χ2v) is 6.33. The van der Waals surface area contributed by atoms with Crippen molar-refractivity contribution in [2.24, 2.45) is 0 Å². The first-order valence-electron chi connectivity index (χ1n) is 8.26. The summed E-state index contributed by atoms with van der Waals surface area (Å²) in [7, 11) is 2.17. The minimum atomic E-state index is -0.566. The molecule has 2 aliphatic rings. The summed E-state index contributed by atoms with van der Waals surface area (Å²) in [4.78, 5) is 23.1. The summed E-state index contributed by atoms with van der Waals surface area (Å²) >= 11 is 0. The summed E-state index contributed by atoms with van der Waals surface area (Å²) in [5, 5.41) is 16.4. The van der Waals surface area contributed by atoms with Gasteiger partial charge in [-0.1, -0.05) is 30.3 Å². The fraction of sp³-hybridized carbons (Fsp3) is 0.556. The largest absolute Gasteiger partial charge is 0.483 e. The van der Waals surface area contributed by atoms with Gasteiger partial charge in [-0.15, -0.1) is 0 Å². The third kappa shape index (κ3) is 4.33. The molecule has 2 saturated heterocycles. The second-order valence-electron chi connectivity index (χ2n) is 6.33. The highest BCUT2D eigenvalue weighted by Gasteiger charge is 2.40. The highest BCUT2D eigenvalue weighted by Crippen LogP contribution is 2.36. The zero-order chi connectivity index (χ0) is 17.5. The molecule has 132 valence electrons.